The third kappa shape index (κ3) is 4.88. The highest BCUT2D eigenvalue weighted by Gasteiger charge is 2.28. The quantitative estimate of drug-likeness (QED) is 0.580. The average Bonchev–Trinajstić information content (AvgIpc) is 3.21. The van der Waals surface area contributed by atoms with E-state index in [4.69, 9.17) is 9.78 Å². The van der Waals surface area contributed by atoms with Crippen LogP contribution < -0.4 is 5.32 Å². The molecule has 0 radical (unpaired) electrons. The zero-order valence-corrected chi connectivity index (χ0v) is 16.4. The van der Waals surface area contributed by atoms with Crippen molar-refractivity contribution in [2.24, 2.45) is 4.99 Å². The van der Waals surface area contributed by atoms with Crippen molar-refractivity contribution in [1.29, 1.82) is 5.26 Å². The van der Waals surface area contributed by atoms with Crippen LogP contribution in [0.15, 0.2) is 46.1 Å². The number of benzene rings is 1. The van der Waals surface area contributed by atoms with Crippen LogP contribution in [-0.2, 0) is 22.3 Å². The first-order valence-electron chi connectivity index (χ1n) is 8.83. The van der Waals surface area contributed by atoms with E-state index in [1.165, 1.54) is 10.6 Å². The molecule has 2 heterocycles. The van der Waals surface area contributed by atoms with Crippen molar-refractivity contribution >= 4 is 16.0 Å². The summed E-state index contributed by atoms with van der Waals surface area (Å²) in [6, 6.07) is 11.1. The van der Waals surface area contributed by atoms with Gasteiger partial charge in [0.1, 0.15) is 12.0 Å². The second kappa shape index (κ2) is 8.86. The molecule has 0 spiro atoms. The van der Waals surface area contributed by atoms with Crippen molar-refractivity contribution in [2.75, 3.05) is 33.2 Å². The molecule has 2 aromatic rings. The Kier molecular flexibility index (Phi) is 6.28. The van der Waals surface area contributed by atoms with Crippen LogP contribution in [0.1, 0.15) is 16.8 Å². The molecule has 10 heteroatoms. The molecule has 1 fully saturated rings. The lowest BCUT2D eigenvalue weighted by Gasteiger charge is -2.35. The van der Waals surface area contributed by atoms with E-state index in [1.807, 2.05) is 23.1 Å². The topological polar surface area (TPSA) is 115 Å². The smallest absolute Gasteiger partial charge is 0.220 e. The van der Waals surface area contributed by atoms with Gasteiger partial charge in [0, 0.05) is 45.8 Å². The van der Waals surface area contributed by atoms with Gasteiger partial charge < -0.3 is 14.7 Å². The lowest BCUT2D eigenvalue weighted by atomic mass is 10.1. The highest BCUT2D eigenvalue weighted by atomic mass is 32.2. The normalized spacial score (nSPS) is 16.0. The zero-order chi connectivity index (χ0) is 20.0. The zero-order valence-electron chi connectivity index (χ0n) is 15.6. The molecule has 1 aliphatic rings. The van der Waals surface area contributed by atoms with Gasteiger partial charge in [-0.25, -0.2) is 8.42 Å². The predicted octanol–water partition coefficient (Wildman–Crippen LogP) is 0.769. The molecule has 28 heavy (non-hydrogen) atoms. The maximum absolute atomic E-state index is 12.5. The predicted molar refractivity (Wildman–Crippen MR) is 104 cm³/mol. The van der Waals surface area contributed by atoms with Gasteiger partial charge in [-0.15, -0.1) is 0 Å². The van der Waals surface area contributed by atoms with E-state index in [0.717, 1.165) is 5.56 Å². The number of rotatable bonds is 5. The number of hydrogen-bond acceptors (Lipinski definition) is 6. The molecule has 3 rings (SSSR count). The standard InChI is InChI=1S/C18H22N6O3S/c1-20-18(21-13-16-4-2-3-15(11-16)12-19)23-6-8-24(9-7-23)28(25,26)14-17-5-10-27-22-17/h2-5,10-11H,6-9,13-14H2,1H3,(H,20,21). The van der Waals surface area contributed by atoms with E-state index >= 15 is 0 Å². The van der Waals surface area contributed by atoms with Crippen molar-refractivity contribution in [1.82, 2.24) is 19.7 Å². The van der Waals surface area contributed by atoms with E-state index in [0.29, 0.717) is 49.9 Å². The van der Waals surface area contributed by atoms with Crippen molar-refractivity contribution in [2.45, 2.75) is 12.3 Å². The number of aliphatic imine (C=N–C) groups is 1. The van der Waals surface area contributed by atoms with Crippen LogP contribution in [0.4, 0.5) is 0 Å². The van der Waals surface area contributed by atoms with Gasteiger partial charge >= 0.3 is 0 Å². The number of aromatic nitrogens is 1. The first-order chi connectivity index (χ1) is 13.5. The van der Waals surface area contributed by atoms with Crippen LogP contribution >= 0.6 is 0 Å². The summed E-state index contributed by atoms with van der Waals surface area (Å²) in [5.74, 6) is 0.544. The molecular formula is C18H22N6O3S. The summed E-state index contributed by atoms with van der Waals surface area (Å²) in [5, 5.41) is 15.9. The Morgan fingerprint density at radius 1 is 1.32 bits per heavy atom. The SMILES string of the molecule is CN=C(NCc1cccc(C#N)c1)N1CCN(S(=O)(=O)Cc2ccon2)CC1. The Bertz CT molecular complexity index is 957. The van der Waals surface area contributed by atoms with Crippen LogP contribution in [0.2, 0.25) is 0 Å². The summed E-state index contributed by atoms with van der Waals surface area (Å²) in [5.41, 5.74) is 1.99. The molecule has 0 bridgehead atoms. The van der Waals surface area contributed by atoms with Crippen molar-refractivity contribution in [3.05, 3.63) is 53.4 Å². The molecule has 1 aromatic carbocycles. The van der Waals surface area contributed by atoms with E-state index < -0.39 is 10.0 Å². The van der Waals surface area contributed by atoms with Crippen molar-refractivity contribution in [3.8, 4) is 6.07 Å². The molecule has 1 aliphatic heterocycles. The molecule has 1 saturated heterocycles. The highest BCUT2D eigenvalue weighted by molar-refractivity contribution is 7.88. The number of piperazine rings is 1. The third-order valence-electron chi connectivity index (χ3n) is 4.47. The van der Waals surface area contributed by atoms with Gasteiger partial charge in [0.05, 0.1) is 17.3 Å². The minimum atomic E-state index is -3.43. The van der Waals surface area contributed by atoms with Gasteiger partial charge in [-0.2, -0.15) is 9.57 Å². The van der Waals surface area contributed by atoms with Crippen LogP contribution in [-0.4, -0.2) is 62.0 Å². The van der Waals surface area contributed by atoms with Gasteiger partial charge in [0.15, 0.2) is 5.96 Å². The van der Waals surface area contributed by atoms with Crippen LogP contribution in [0.3, 0.4) is 0 Å². The van der Waals surface area contributed by atoms with Crippen LogP contribution in [0.25, 0.3) is 0 Å². The monoisotopic (exact) mass is 402 g/mol. The molecule has 0 atom stereocenters. The first-order valence-corrected chi connectivity index (χ1v) is 10.4. The molecule has 0 aliphatic carbocycles. The molecular weight excluding hydrogens is 380 g/mol. The number of guanidine groups is 1. The number of sulfonamides is 1. The largest absolute Gasteiger partial charge is 0.364 e. The summed E-state index contributed by atoms with van der Waals surface area (Å²) in [4.78, 5) is 6.32. The minimum Gasteiger partial charge on any atom is -0.364 e. The Hall–Kier alpha value is -2.90. The molecule has 0 amide bonds. The fourth-order valence-corrected chi connectivity index (χ4v) is 4.46. The van der Waals surface area contributed by atoms with Crippen LogP contribution in [0.5, 0.6) is 0 Å². The van der Waals surface area contributed by atoms with Crippen LogP contribution in [0, 0.1) is 11.3 Å². The fourth-order valence-electron chi connectivity index (χ4n) is 3.03. The maximum atomic E-state index is 12.5. The summed E-state index contributed by atoms with van der Waals surface area (Å²) in [6.45, 7) is 2.37. The van der Waals surface area contributed by atoms with Gasteiger partial charge in [0.25, 0.3) is 0 Å². The Morgan fingerprint density at radius 3 is 2.75 bits per heavy atom. The van der Waals surface area contributed by atoms with Gasteiger partial charge in [0.2, 0.25) is 10.0 Å². The molecule has 9 nitrogen and oxygen atoms in total. The average molecular weight is 402 g/mol. The van der Waals surface area contributed by atoms with Crippen molar-refractivity contribution in [3.63, 3.8) is 0 Å². The molecule has 1 N–H and O–H groups in total. The summed E-state index contributed by atoms with van der Waals surface area (Å²) in [6.07, 6.45) is 1.37. The van der Waals surface area contributed by atoms with E-state index in [2.05, 4.69) is 21.5 Å². The fraction of sp³-hybridized carbons (Fsp3) is 0.389. The summed E-state index contributed by atoms with van der Waals surface area (Å²) < 4.78 is 31.2. The maximum Gasteiger partial charge on any atom is 0.220 e. The number of nitriles is 1. The van der Waals surface area contributed by atoms with Gasteiger partial charge in [-0.3, -0.25) is 4.99 Å². The Morgan fingerprint density at radius 2 is 2.11 bits per heavy atom. The molecule has 1 aromatic heterocycles. The third-order valence-corrected chi connectivity index (χ3v) is 6.28. The summed E-state index contributed by atoms with van der Waals surface area (Å²) in [7, 11) is -1.74. The number of nitrogens with zero attached hydrogens (tertiary/aromatic N) is 5. The highest BCUT2D eigenvalue weighted by Crippen LogP contribution is 2.13. The lowest BCUT2D eigenvalue weighted by Crippen LogP contribution is -2.53. The minimum absolute atomic E-state index is 0.161. The Labute approximate surface area is 164 Å². The van der Waals surface area contributed by atoms with E-state index in [9.17, 15) is 8.42 Å². The summed E-state index contributed by atoms with van der Waals surface area (Å²) >= 11 is 0. The number of nitrogens with one attached hydrogen (secondary N) is 1. The molecule has 148 valence electrons. The molecule has 0 unspecified atom stereocenters. The van der Waals surface area contributed by atoms with Gasteiger partial charge in [-0.05, 0) is 17.7 Å². The first kappa shape index (κ1) is 19.9. The van der Waals surface area contributed by atoms with E-state index in [-0.39, 0.29) is 5.75 Å². The van der Waals surface area contributed by atoms with Crippen molar-refractivity contribution < 1.29 is 12.9 Å². The Balaban J connectivity index is 1.54. The number of hydrogen-bond donors (Lipinski definition) is 1. The van der Waals surface area contributed by atoms with Gasteiger partial charge in [-0.1, -0.05) is 17.3 Å². The van der Waals surface area contributed by atoms with E-state index in [1.54, 1.807) is 19.2 Å². The second-order valence-electron chi connectivity index (χ2n) is 6.35. The molecule has 0 saturated carbocycles. The lowest BCUT2D eigenvalue weighted by molar-refractivity contribution is 0.259. The second-order valence-corrected chi connectivity index (χ2v) is 8.31.